The molecule has 0 bridgehead atoms. The number of benzene rings is 2. The van der Waals surface area contributed by atoms with E-state index in [9.17, 15) is 8.42 Å². The van der Waals surface area contributed by atoms with Gasteiger partial charge in [0.1, 0.15) is 5.82 Å². The van der Waals surface area contributed by atoms with Gasteiger partial charge in [-0.15, -0.1) is 0 Å². The molecule has 3 aromatic rings. The summed E-state index contributed by atoms with van der Waals surface area (Å²) in [5, 5.41) is 3.73. The number of nitrogens with zero attached hydrogens (tertiary/aromatic N) is 1. The van der Waals surface area contributed by atoms with E-state index in [2.05, 4.69) is 15.0 Å². The van der Waals surface area contributed by atoms with Crippen LogP contribution in [0.25, 0.3) is 0 Å². The summed E-state index contributed by atoms with van der Waals surface area (Å²) in [6.07, 6.45) is 1.57. The third kappa shape index (κ3) is 4.33. The van der Waals surface area contributed by atoms with Crippen LogP contribution in [0.15, 0.2) is 65.7 Å². The quantitative estimate of drug-likeness (QED) is 0.653. The molecule has 0 saturated heterocycles. The van der Waals surface area contributed by atoms with Gasteiger partial charge in [-0.25, -0.2) is 13.4 Å². The summed E-state index contributed by atoms with van der Waals surface area (Å²) in [6, 6.07) is 15.9. The van der Waals surface area contributed by atoms with E-state index in [0.717, 1.165) is 11.4 Å². The summed E-state index contributed by atoms with van der Waals surface area (Å²) in [7, 11) is -3.72. The van der Waals surface area contributed by atoms with Crippen LogP contribution >= 0.6 is 11.6 Å². The van der Waals surface area contributed by atoms with Gasteiger partial charge in [-0.3, -0.25) is 4.72 Å². The van der Waals surface area contributed by atoms with Gasteiger partial charge >= 0.3 is 0 Å². The standard InChI is InChI=1S/C19H18ClN3O2S/c1-13-3-5-15(6-4-13)22-16-7-10-19(21-12-16)23-26(24,25)17-8-9-18(20)14(2)11-17/h3-12,22H,1-2H3,(H,21,23). The second kappa shape index (κ2) is 7.35. The summed E-state index contributed by atoms with van der Waals surface area (Å²) in [5.74, 6) is 0.243. The van der Waals surface area contributed by atoms with Crippen molar-refractivity contribution < 1.29 is 8.42 Å². The summed E-state index contributed by atoms with van der Waals surface area (Å²) in [6.45, 7) is 3.78. The van der Waals surface area contributed by atoms with E-state index in [1.807, 2.05) is 31.2 Å². The Morgan fingerprint density at radius 1 is 0.923 bits per heavy atom. The Morgan fingerprint density at radius 2 is 1.62 bits per heavy atom. The molecule has 0 fully saturated rings. The van der Waals surface area contributed by atoms with Crippen LogP contribution < -0.4 is 10.0 Å². The second-order valence-electron chi connectivity index (χ2n) is 5.94. The van der Waals surface area contributed by atoms with E-state index in [0.29, 0.717) is 10.6 Å². The summed E-state index contributed by atoms with van der Waals surface area (Å²) in [4.78, 5) is 4.31. The third-order valence-corrected chi connectivity index (χ3v) is 5.56. The molecule has 2 aromatic carbocycles. The monoisotopic (exact) mass is 387 g/mol. The minimum atomic E-state index is -3.72. The molecule has 0 atom stereocenters. The molecule has 26 heavy (non-hydrogen) atoms. The fourth-order valence-corrected chi connectivity index (χ4v) is 3.52. The van der Waals surface area contributed by atoms with Crippen LogP contribution in [0.1, 0.15) is 11.1 Å². The first-order chi connectivity index (χ1) is 12.3. The molecule has 0 unspecified atom stereocenters. The zero-order valence-corrected chi connectivity index (χ0v) is 15.9. The van der Waals surface area contributed by atoms with Crippen LogP contribution in [0.4, 0.5) is 17.2 Å². The van der Waals surface area contributed by atoms with Crippen molar-refractivity contribution >= 4 is 38.8 Å². The smallest absolute Gasteiger partial charge is 0.263 e. The molecule has 7 heteroatoms. The van der Waals surface area contributed by atoms with Gasteiger partial charge in [0.25, 0.3) is 10.0 Å². The van der Waals surface area contributed by atoms with Gasteiger partial charge in [-0.1, -0.05) is 29.3 Å². The van der Waals surface area contributed by atoms with Crippen molar-refractivity contribution in [1.82, 2.24) is 4.98 Å². The van der Waals surface area contributed by atoms with Crippen molar-refractivity contribution in [3.63, 3.8) is 0 Å². The minimum absolute atomic E-state index is 0.142. The van der Waals surface area contributed by atoms with Crippen LogP contribution in [-0.4, -0.2) is 13.4 Å². The highest BCUT2D eigenvalue weighted by Gasteiger charge is 2.15. The highest BCUT2D eigenvalue weighted by atomic mass is 35.5. The molecule has 0 radical (unpaired) electrons. The fraction of sp³-hybridized carbons (Fsp3) is 0.105. The average molecular weight is 388 g/mol. The van der Waals surface area contributed by atoms with Gasteiger partial charge in [0.2, 0.25) is 0 Å². The number of sulfonamides is 1. The van der Waals surface area contributed by atoms with Crippen molar-refractivity contribution in [2.75, 3.05) is 10.0 Å². The minimum Gasteiger partial charge on any atom is -0.354 e. The van der Waals surface area contributed by atoms with E-state index < -0.39 is 10.0 Å². The molecule has 0 aliphatic rings. The van der Waals surface area contributed by atoms with Crippen LogP contribution in [0.2, 0.25) is 5.02 Å². The zero-order valence-electron chi connectivity index (χ0n) is 14.3. The third-order valence-electron chi connectivity index (χ3n) is 3.78. The molecule has 2 N–H and O–H groups in total. The Balaban J connectivity index is 1.73. The molecule has 0 aliphatic carbocycles. The largest absolute Gasteiger partial charge is 0.354 e. The Morgan fingerprint density at radius 3 is 2.23 bits per heavy atom. The number of pyridine rings is 1. The van der Waals surface area contributed by atoms with E-state index in [-0.39, 0.29) is 10.7 Å². The predicted octanol–water partition coefficient (Wildman–Crippen LogP) is 4.90. The molecule has 0 aliphatic heterocycles. The molecule has 134 valence electrons. The average Bonchev–Trinajstić information content (AvgIpc) is 2.61. The first-order valence-electron chi connectivity index (χ1n) is 7.92. The normalized spacial score (nSPS) is 11.2. The Kier molecular flexibility index (Phi) is 5.15. The Hall–Kier alpha value is -2.57. The van der Waals surface area contributed by atoms with Gasteiger partial charge < -0.3 is 5.32 Å². The number of anilines is 3. The lowest BCUT2D eigenvalue weighted by Gasteiger charge is -2.10. The number of aryl methyl sites for hydroxylation is 2. The molecule has 3 rings (SSSR count). The van der Waals surface area contributed by atoms with Gasteiger partial charge in [0, 0.05) is 10.7 Å². The van der Waals surface area contributed by atoms with Crippen LogP contribution in [0.5, 0.6) is 0 Å². The highest BCUT2D eigenvalue weighted by Crippen LogP contribution is 2.22. The molecular formula is C19H18ClN3O2S. The molecular weight excluding hydrogens is 370 g/mol. The van der Waals surface area contributed by atoms with Crippen molar-refractivity contribution in [2.24, 2.45) is 0 Å². The topological polar surface area (TPSA) is 71.1 Å². The maximum absolute atomic E-state index is 12.5. The maximum atomic E-state index is 12.5. The van der Waals surface area contributed by atoms with Crippen molar-refractivity contribution in [2.45, 2.75) is 18.7 Å². The van der Waals surface area contributed by atoms with Crippen LogP contribution in [0, 0.1) is 13.8 Å². The Labute approximate surface area is 158 Å². The molecule has 1 aromatic heterocycles. The second-order valence-corrected chi connectivity index (χ2v) is 8.03. The van der Waals surface area contributed by atoms with E-state index in [4.69, 9.17) is 11.6 Å². The van der Waals surface area contributed by atoms with Crippen molar-refractivity contribution in [3.05, 3.63) is 76.9 Å². The maximum Gasteiger partial charge on any atom is 0.263 e. The summed E-state index contributed by atoms with van der Waals surface area (Å²) in [5.41, 5.74) is 3.57. The highest BCUT2D eigenvalue weighted by molar-refractivity contribution is 7.92. The number of rotatable bonds is 5. The lowest BCUT2D eigenvalue weighted by atomic mass is 10.2. The van der Waals surface area contributed by atoms with E-state index in [1.165, 1.54) is 17.7 Å². The molecule has 0 amide bonds. The molecule has 0 spiro atoms. The van der Waals surface area contributed by atoms with Gasteiger partial charge in [0.05, 0.1) is 16.8 Å². The van der Waals surface area contributed by atoms with Crippen molar-refractivity contribution in [1.29, 1.82) is 0 Å². The summed E-state index contributed by atoms with van der Waals surface area (Å²) >= 11 is 5.95. The van der Waals surface area contributed by atoms with Crippen LogP contribution in [-0.2, 0) is 10.0 Å². The lowest BCUT2D eigenvalue weighted by molar-refractivity contribution is 0.601. The first-order valence-corrected chi connectivity index (χ1v) is 9.78. The van der Waals surface area contributed by atoms with Crippen LogP contribution in [0.3, 0.4) is 0 Å². The van der Waals surface area contributed by atoms with Gasteiger partial charge in [0.15, 0.2) is 0 Å². The fourth-order valence-electron chi connectivity index (χ4n) is 2.31. The number of hydrogen-bond acceptors (Lipinski definition) is 4. The van der Waals surface area contributed by atoms with Gasteiger partial charge in [-0.2, -0.15) is 0 Å². The first kappa shape index (κ1) is 18.2. The van der Waals surface area contributed by atoms with Crippen molar-refractivity contribution in [3.8, 4) is 0 Å². The summed E-state index contributed by atoms with van der Waals surface area (Å²) < 4.78 is 27.4. The number of aromatic nitrogens is 1. The van der Waals surface area contributed by atoms with Gasteiger partial charge in [-0.05, 0) is 61.9 Å². The number of hydrogen-bond donors (Lipinski definition) is 2. The zero-order chi connectivity index (χ0) is 18.7. The van der Waals surface area contributed by atoms with E-state index >= 15 is 0 Å². The SMILES string of the molecule is Cc1ccc(Nc2ccc(NS(=O)(=O)c3ccc(Cl)c(C)c3)nc2)cc1. The predicted molar refractivity (Wildman–Crippen MR) is 106 cm³/mol. The Bertz CT molecular complexity index is 1020. The number of nitrogens with one attached hydrogen (secondary N) is 2. The molecule has 5 nitrogen and oxygen atoms in total. The molecule has 1 heterocycles. The molecule has 0 saturated carbocycles. The number of halogens is 1. The van der Waals surface area contributed by atoms with E-state index in [1.54, 1.807) is 31.3 Å². The lowest BCUT2D eigenvalue weighted by Crippen LogP contribution is -2.14.